The highest BCUT2D eigenvalue weighted by molar-refractivity contribution is 7.18. The minimum absolute atomic E-state index is 0.199. The molecule has 0 atom stereocenters. The zero-order chi connectivity index (χ0) is 19.6. The number of rotatable bonds is 5. The van der Waals surface area contributed by atoms with Crippen LogP contribution in [0.4, 0.5) is 5.69 Å². The van der Waals surface area contributed by atoms with Crippen molar-refractivity contribution in [1.82, 2.24) is 9.97 Å². The van der Waals surface area contributed by atoms with Crippen molar-refractivity contribution < 1.29 is 0 Å². The van der Waals surface area contributed by atoms with Crippen molar-refractivity contribution in [2.75, 3.05) is 18.0 Å². The van der Waals surface area contributed by atoms with E-state index in [-0.39, 0.29) is 5.56 Å². The number of anilines is 1. The second-order valence-electron chi connectivity index (χ2n) is 6.31. The molecule has 0 bridgehead atoms. The molecule has 0 aliphatic carbocycles. The molecule has 1 N–H and O–H groups in total. The summed E-state index contributed by atoms with van der Waals surface area (Å²) >= 11 is 1.48. The molecule has 5 nitrogen and oxygen atoms in total. The van der Waals surface area contributed by atoms with Crippen molar-refractivity contribution in [1.29, 1.82) is 5.26 Å². The number of hydrogen-bond donors (Lipinski definition) is 1. The van der Waals surface area contributed by atoms with Gasteiger partial charge in [-0.3, -0.25) is 4.79 Å². The fourth-order valence-electron chi connectivity index (χ4n) is 3.07. The Balaban J connectivity index is 2.01. The molecule has 0 radical (unpaired) electrons. The normalized spacial score (nSPS) is 11.6. The Morgan fingerprint density at radius 1 is 1.26 bits per heavy atom. The van der Waals surface area contributed by atoms with E-state index in [1.54, 1.807) is 6.08 Å². The lowest BCUT2D eigenvalue weighted by Gasteiger charge is -2.20. The summed E-state index contributed by atoms with van der Waals surface area (Å²) in [6.07, 6.45) is 1.75. The van der Waals surface area contributed by atoms with E-state index in [9.17, 15) is 10.1 Å². The number of H-pyrrole nitrogens is 1. The van der Waals surface area contributed by atoms with Crippen LogP contribution in [0, 0.1) is 25.2 Å². The van der Waals surface area contributed by atoms with Crippen LogP contribution < -0.4 is 10.5 Å². The molecule has 0 saturated heterocycles. The summed E-state index contributed by atoms with van der Waals surface area (Å²) in [5.74, 6) is 0.309. The van der Waals surface area contributed by atoms with Crippen molar-refractivity contribution in [3.8, 4) is 6.07 Å². The Hall–Kier alpha value is -2.91. The van der Waals surface area contributed by atoms with Crippen molar-refractivity contribution in [2.45, 2.75) is 27.7 Å². The van der Waals surface area contributed by atoms with Gasteiger partial charge in [-0.2, -0.15) is 5.26 Å². The topological polar surface area (TPSA) is 72.8 Å². The number of fused-ring (bicyclic) bond motifs is 1. The summed E-state index contributed by atoms with van der Waals surface area (Å²) in [4.78, 5) is 23.7. The summed E-state index contributed by atoms with van der Waals surface area (Å²) in [7, 11) is 0. The van der Waals surface area contributed by atoms with Gasteiger partial charge in [-0.25, -0.2) is 4.98 Å². The maximum atomic E-state index is 12.5. The lowest BCUT2D eigenvalue weighted by Crippen LogP contribution is -2.21. The predicted molar refractivity (Wildman–Crippen MR) is 113 cm³/mol. The van der Waals surface area contributed by atoms with Crippen LogP contribution in [0.5, 0.6) is 0 Å². The third-order valence-corrected chi connectivity index (χ3v) is 5.85. The van der Waals surface area contributed by atoms with Crippen molar-refractivity contribution in [2.24, 2.45) is 0 Å². The Bertz CT molecular complexity index is 1100. The van der Waals surface area contributed by atoms with Crippen LogP contribution in [0.1, 0.15) is 35.7 Å². The molecule has 0 unspecified atom stereocenters. The van der Waals surface area contributed by atoms with Crippen LogP contribution >= 0.6 is 11.3 Å². The number of aromatic nitrogens is 2. The first-order valence-electron chi connectivity index (χ1n) is 8.95. The maximum absolute atomic E-state index is 12.5. The zero-order valence-corrected chi connectivity index (χ0v) is 16.8. The molecular weight excluding hydrogens is 356 g/mol. The molecule has 3 aromatic rings. The smallest absolute Gasteiger partial charge is 0.260 e. The number of benzene rings is 1. The molecule has 0 amide bonds. The Morgan fingerprint density at radius 3 is 2.52 bits per heavy atom. The molecular formula is C21H22N4OS. The average Bonchev–Trinajstić information content (AvgIpc) is 2.96. The van der Waals surface area contributed by atoms with Gasteiger partial charge in [-0.15, -0.1) is 11.3 Å². The number of nitrogens with zero attached hydrogens (tertiary/aromatic N) is 3. The van der Waals surface area contributed by atoms with Gasteiger partial charge in [-0.1, -0.05) is 12.1 Å². The zero-order valence-electron chi connectivity index (χ0n) is 16.0. The highest BCUT2D eigenvalue weighted by atomic mass is 32.1. The largest absolute Gasteiger partial charge is 0.372 e. The molecule has 2 heterocycles. The average molecular weight is 379 g/mol. The highest BCUT2D eigenvalue weighted by Gasteiger charge is 2.14. The monoisotopic (exact) mass is 378 g/mol. The van der Waals surface area contributed by atoms with Crippen molar-refractivity contribution >= 4 is 38.9 Å². The summed E-state index contributed by atoms with van der Waals surface area (Å²) in [5.41, 5.74) is 3.13. The molecule has 0 aliphatic heterocycles. The van der Waals surface area contributed by atoms with Crippen LogP contribution in [0.3, 0.4) is 0 Å². The van der Waals surface area contributed by atoms with E-state index in [2.05, 4.69) is 34.8 Å². The van der Waals surface area contributed by atoms with E-state index in [1.807, 2.05) is 38.1 Å². The number of aryl methyl sites for hydroxylation is 2. The summed E-state index contributed by atoms with van der Waals surface area (Å²) in [6.45, 7) is 10.0. The number of hydrogen-bond acceptors (Lipinski definition) is 5. The van der Waals surface area contributed by atoms with Gasteiger partial charge in [0.1, 0.15) is 10.9 Å². The first-order valence-corrected chi connectivity index (χ1v) is 9.77. The van der Waals surface area contributed by atoms with E-state index in [4.69, 9.17) is 0 Å². The highest BCUT2D eigenvalue weighted by Crippen LogP contribution is 2.27. The van der Waals surface area contributed by atoms with E-state index in [0.717, 1.165) is 34.8 Å². The van der Waals surface area contributed by atoms with Crippen LogP contribution in [0.2, 0.25) is 0 Å². The molecule has 27 heavy (non-hydrogen) atoms. The molecule has 6 heteroatoms. The molecule has 0 fully saturated rings. The second kappa shape index (κ2) is 7.77. The van der Waals surface area contributed by atoms with E-state index >= 15 is 0 Å². The minimum Gasteiger partial charge on any atom is -0.372 e. The van der Waals surface area contributed by atoms with Gasteiger partial charge in [0.2, 0.25) is 0 Å². The Labute approximate surface area is 162 Å². The fraction of sp³-hybridized carbons (Fsp3) is 0.286. The van der Waals surface area contributed by atoms with Gasteiger partial charge >= 0.3 is 0 Å². The second-order valence-corrected chi connectivity index (χ2v) is 7.51. The van der Waals surface area contributed by atoms with Crippen LogP contribution in [0.25, 0.3) is 21.9 Å². The van der Waals surface area contributed by atoms with Crippen molar-refractivity contribution in [3.63, 3.8) is 0 Å². The third-order valence-electron chi connectivity index (χ3n) is 4.75. The molecule has 0 spiro atoms. The summed E-state index contributed by atoms with van der Waals surface area (Å²) in [6, 6.07) is 10.2. The number of nitriles is 1. The van der Waals surface area contributed by atoms with Gasteiger partial charge in [-0.05, 0) is 57.0 Å². The van der Waals surface area contributed by atoms with Gasteiger partial charge < -0.3 is 9.88 Å². The summed E-state index contributed by atoms with van der Waals surface area (Å²) in [5, 5.41) is 10.2. The Morgan fingerprint density at radius 2 is 1.93 bits per heavy atom. The van der Waals surface area contributed by atoms with Crippen LogP contribution in [0.15, 0.2) is 29.1 Å². The van der Waals surface area contributed by atoms with Gasteiger partial charge in [0.25, 0.3) is 5.56 Å². The third kappa shape index (κ3) is 3.64. The fourth-order valence-corrected chi connectivity index (χ4v) is 4.10. The van der Waals surface area contributed by atoms with Crippen LogP contribution in [-0.2, 0) is 0 Å². The quantitative estimate of drug-likeness (QED) is 0.663. The standard InChI is InChI=1S/C21H22N4OS/c1-5-25(6-2)17-9-7-15(8-10-17)11-16(12-22)19-23-20(26)18-13(3)14(4)27-21(18)24-19/h7-11H,5-6H2,1-4H3,(H,23,24,26)/b16-11+. The molecule has 138 valence electrons. The van der Waals surface area contributed by atoms with Crippen LogP contribution in [-0.4, -0.2) is 23.1 Å². The minimum atomic E-state index is -0.199. The lowest BCUT2D eigenvalue weighted by molar-refractivity contribution is 0.866. The summed E-state index contributed by atoms with van der Waals surface area (Å²) < 4.78 is 0. The van der Waals surface area contributed by atoms with Gasteiger partial charge in [0, 0.05) is 23.7 Å². The van der Waals surface area contributed by atoms with Gasteiger partial charge in [0.15, 0.2) is 5.82 Å². The lowest BCUT2D eigenvalue weighted by atomic mass is 10.1. The van der Waals surface area contributed by atoms with E-state index in [1.165, 1.54) is 11.3 Å². The maximum Gasteiger partial charge on any atom is 0.260 e. The number of allylic oxidation sites excluding steroid dienone is 1. The number of aromatic amines is 1. The predicted octanol–water partition coefficient (Wildman–Crippen LogP) is 4.51. The first kappa shape index (κ1) is 18.9. The molecule has 1 aromatic carbocycles. The van der Waals surface area contributed by atoms with Crippen molar-refractivity contribution in [3.05, 3.63) is 56.4 Å². The first-order chi connectivity index (χ1) is 13.0. The van der Waals surface area contributed by atoms with Gasteiger partial charge in [0.05, 0.1) is 11.0 Å². The molecule has 2 aromatic heterocycles. The van der Waals surface area contributed by atoms with E-state index in [0.29, 0.717) is 21.6 Å². The number of thiophene rings is 1. The number of nitrogens with one attached hydrogen (secondary N) is 1. The molecule has 0 aliphatic rings. The SMILES string of the molecule is CCN(CC)c1ccc(/C=C(\C#N)c2nc3sc(C)c(C)c3c(=O)[nH]2)cc1. The van der Waals surface area contributed by atoms with E-state index < -0.39 is 0 Å². The molecule has 3 rings (SSSR count). The Kier molecular flexibility index (Phi) is 5.43. The molecule has 0 saturated carbocycles.